The SMILES string of the molecule is CC(C)P(=O)(O)C(C)C.CC(C)P(=O)(O)C(C)C.CCC(O)CO. The van der Waals surface area contributed by atoms with Crippen LogP contribution < -0.4 is 0 Å². The van der Waals surface area contributed by atoms with Crippen LogP contribution in [0.2, 0.25) is 0 Å². The fraction of sp³-hybridized carbons (Fsp3) is 1.00. The minimum absolute atomic E-state index is 0.0995. The molecule has 0 bridgehead atoms. The molecule has 0 spiro atoms. The van der Waals surface area contributed by atoms with Crippen molar-refractivity contribution in [3.63, 3.8) is 0 Å². The first-order valence-corrected chi connectivity index (χ1v) is 12.1. The maximum absolute atomic E-state index is 11.2. The highest BCUT2D eigenvalue weighted by atomic mass is 31.2. The van der Waals surface area contributed by atoms with Crippen molar-refractivity contribution in [1.82, 2.24) is 0 Å². The summed E-state index contributed by atoms with van der Waals surface area (Å²) in [6.45, 7) is 15.9. The van der Waals surface area contributed by atoms with Crippen molar-refractivity contribution < 1.29 is 29.1 Å². The second-order valence-corrected chi connectivity index (χ2v) is 13.8. The fourth-order valence-corrected chi connectivity index (χ4v) is 3.71. The number of aliphatic hydroxyl groups excluding tert-OH is 2. The number of aliphatic hydroxyl groups is 2. The Kier molecular flexibility index (Phi) is 16.4. The van der Waals surface area contributed by atoms with Crippen molar-refractivity contribution in [1.29, 1.82) is 0 Å². The quantitative estimate of drug-likeness (QED) is 0.511. The third-order valence-electron chi connectivity index (χ3n) is 3.64. The Balaban J connectivity index is -0.000000282. The van der Waals surface area contributed by atoms with E-state index in [1.165, 1.54) is 0 Å². The summed E-state index contributed by atoms with van der Waals surface area (Å²) in [7, 11) is -5.67. The molecule has 0 aliphatic heterocycles. The van der Waals surface area contributed by atoms with Crippen LogP contribution in [0.25, 0.3) is 0 Å². The van der Waals surface area contributed by atoms with Gasteiger partial charge in [0.15, 0.2) is 0 Å². The van der Waals surface area contributed by atoms with Gasteiger partial charge in [-0.2, -0.15) is 0 Å². The van der Waals surface area contributed by atoms with E-state index in [1.54, 1.807) is 55.4 Å². The molecule has 0 aromatic heterocycles. The lowest BCUT2D eigenvalue weighted by Gasteiger charge is -2.18. The van der Waals surface area contributed by atoms with Crippen LogP contribution in [0.1, 0.15) is 68.7 Å². The van der Waals surface area contributed by atoms with Gasteiger partial charge in [0, 0.05) is 22.6 Å². The van der Waals surface area contributed by atoms with E-state index in [-0.39, 0.29) is 29.2 Å². The van der Waals surface area contributed by atoms with Gasteiger partial charge in [0.1, 0.15) is 0 Å². The standard InChI is InChI=1S/2C6H15O2P.C4H10O2/c2*1-5(2)9(7,8)6(3)4;1-2-4(6)3-5/h2*5-6H,1-4H3,(H,7,8);4-6H,2-3H2,1H3. The molecule has 0 aromatic rings. The molecular formula is C16H40O6P2. The van der Waals surface area contributed by atoms with Gasteiger partial charge in [0.2, 0.25) is 14.7 Å². The monoisotopic (exact) mass is 390 g/mol. The number of hydrogen-bond acceptors (Lipinski definition) is 4. The van der Waals surface area contributed by atoms with Crippen molar-refractivity contribution >= 4 is 14.7 Å². The highest BCUT2D eigenvalue weighted by molar-refractivity contribution is 7.59. The Morgan fingerprint density at radius 3 is 0.917 bits per heavy atom. The summed E-state index contributed by atoms with van der Waals surface area (Å²) in [5, 5.41) is 16.5. The molecule has 1 atom stereocenters. The molecular weight excluding hydrogens is 350 g/mol. The molecule has 0 rings (SSSR count). The van der Waals surface area contributed by atoms with Gasteiger partial charge in [0.25, 0.3) is 0 Å². The van der Waals surface area contributed by atoms with E-state index in [0.717, 1.165) is 0 Å². The summed E-state index contributed by atoms with van der Waals surface area (Å²) in [6, 6.07) is 0. The van der Waals surface area contributed by atoms with Crippen LogP contribution in [0.3, 0.4) is 0 Å². The molecule has 150 valence electrons. The zero-order valence-electron chi connectivity index (χ0n) is 16.8. The first kappa shape index (κ1) is 29.1. The molecule has 1 unspecified atom stereocenters. The lowest BCUT2D eigenvalue weighted by Crippen LogP contribution is -2.08. The lowest BCUT2D eigenvalue weighted by molar-refractivity contribution is 0.0923. The normalized spacial score (nSPS) is 13.5. The third-order valence-corrected chi connectivity index (χ3v) is 9.56. The maximum Gasteiger partial charge on any atom is 0.205 e. The molecule has 0 aliphatic carbocycles. The van der Waals surface area contributed by atoms with Crippen LogP contribution in [0.15, 0.2) is 0 Å². The van der Waals surface area contributed by atoms with Crippen LogP contribution >= 0.6 is 14.7 Å². The summed E-state index contributed by atoms with van der Waals surface area (Å²) >= 11 is 0. The zero-order chi connectivity index (χ0) is 20.3. The Labute approximate surface area is 148 Å². The third kappa shape index (κ3) is 12.6. The Morgan fingerprint density at radius 1 is 0.708 bits per heavy atom. The fourth-order valence-electron chi connectivity index (χ4n) is 1.32. The minimum atomic E-state index is -2.84. The largest absolute Gasteiger partial charge is 0.394 e. The van der Waals surface area contributed by atoms with E-state index in [1.807, 2.05) is 6.92 Å². The van der Waals surface area contributed by atoms with E-state index in [4.69, 9.17) is 10.2 Å². The van der Waals surface area contributed by atoms with Crippen LogP contribution in [-0.2, 0) is 9.13 Å². The minimum Gasteiger partial charge on any atom is -0.394 e. The molecule has 0 radical (unpaired) electrons. The van der Waals surface area contributed by atoms with Crippen LogP contribution in [0, 0.1) is 0 Å². The van der Waals surface area contributed by atoms with Crippen molar-refractivity contribution in [3.8, 4) is 0 Å². The predicted octanol–water partition coefficient (Wildman–Crippen LogP) is 3.90. The molecule has 8 heteroatoms. The molecule has 0 amide bonds. The van der Waals surface area contributed by atoms with Crippen molar-refractivity contribution in [3.05, 3.63) is 0 Å². The first-order chi connectivity index (χ1) is 10.6. The summed E-state index contributed by atoms with van der Waals surface area (Å²) < 4.78 is 22.3. The van der Waals surface area contributed by atoms with E-state index >= 15 is 0 Å². The second-order valence-electron chi connectivity index (χ2n) is 6.96. The van der Waals surface area contributed by atoms with Crippen LogP contribution in [0.5, 0.6) is 0 Å². The van der Waals surface area contributed by atoms with Crippen molar-refractivity contribution in [2.75, 3.05) is 6.61 Å². The number of rotatable bonds is 6. The highest BCUT2D eigenvalue weighted by Gasteiger charge is 2.27. The van der Waals surface area contributed by atoms with Gasteiger partial charge in [0.05, 0.1) is 12.7 Å². The Hall–Kier alpha value is 0.300. The predicted molar refractivity (Wildman–Crippen MR) is 104 cm³/mol. The molecule has 0 heterocycles. The average molecular weight is 390 g/mol. The molecule has 6 nitrogen and oxygen atoms in total. The van der Waals surface area contributed by atoms with Gasteiger partial charge in [-0.25, -0.2) is 0 Å². The highest BCUT2D eigenvalue weighted by Crippen LogP contribution is 2.50. The molecule has 0 aliphatic rings. The molecule has 0 fully saturated rings. The summed E-state index contributed by atoms with van der Waals surface area (Å²) in [6.07, 6.45) is 0.126. The lowest BCUT2D eigenvalue weighted by atomic mass is 10.3. The smallest absolute Gasteiger partial charge is 0.205 e. The average Bonchev–Trinajstić information content (AvgIpc) is 2.46. The second kappa shape index (κ2) is 13.5. The van der Waals surface area contributed by atoms with Crippen LogP contribution in [0.4, 0.5) is 0 Å². The molecule has 0 saturated heterocycles. The maximum atomic E-state index is 11.2. The van der Waals surface area contributed by atoms with Gasteiger partial charge in [-0.15, -0.1) is 0 Å². The van der Waals surface area contributed by atoms with Gasteiger partial charge in [-0.3, -0.25) is 9.13 Å². The van der Waals surface area contributed by atoms with Crippen molar-refractivity contribution in [2.24, 2.45) is 0 Å². The van der Waals surface area contributed by atoms with E-state index < -0.39 is 20.8 Å². The van der Waals surface area contributed by atoms with Crippen LogP contribution in [-0.4, -0.2) is 55.3 Å². The molecule has 0 saturated carbocycles. The van der Waals surface area contributed by atoms with Gasteiger partial charge in [-0.05, 0) is 6.42 Å². The Bertz CT molecular complexity index is 334. The molecule has 0 aromatic carbocycles. The van der Waals surface area contributed by atoms with E-state index in [0.29, 0.717) is 6.42 Å². The van der Waals surface area contributed by atoms with E-state index in [2.05, 4.69) is 0 Å². The summed E-state index contributed by atoms with van der Waals surface area (Å²) in [5.41, 5.74) is -0.398. The number of hydrogen-bond donors (Lipinski definition) is 4. The summed E-state index contributed by atoms with van der Waals surface area (Å²) in [4.78, 5) is 18.4. The topological polar surface area (TPSA) is 115 Å². The Morgan fingerprint density at radius 2 is 0.917 bits per heavy atom. The summed E-state index contributed by atoms with van der Waals surface area (Å²) in [5.74, 6) is 0. The zero-order valence-corrected chi connectivity index (χ0v) is 18.6. The van der Waals surface area contributed by atoms with Crippen molar-refractivity contribution in [2.45, 2.75) is 97.5 Å². The van der Waals surface area contributed by atoms with Gasteiger partial charge >= 0.3 is 0 Å². The van der Waals surface area contributed by atoms with E-state index in [9.17, 15) is 18.9 Å². The first-order valence-electron chi connectivity index (χ1n) is 8.51. The molecule has 4 N–H and O–H groups in total. The van der Waals surface area contributed by atoms with Gasteiger partial charge in [-0.1, -0.05) is 62.3 Å². The molecule has 24 heavy (non-hydrogen) atoms. The van der Waals surface area contributed by atoms with Gasteiger partial charge < -0.3 is 20.0 Å².